The number of nitrogens with zero attached hydrogens (tertiary/aromatic N) is 1. The van der Waals surface area contributed by atoms with E-state index < -0.39 is 5.25 Å². The molecule has 8 heteroatoms. The predicted molar refractivity (Wildman–Crippen MR) is 127 cm³/mol. The number of halogens is 3. The van der Waals surface area contributed by atoms with Gasteiger partial charge in [0.25, 0.3) is 5.24 Å². The third kappa shape index (κ3) is 5.52. The van der Waals surface area contributed by atoms with Gasteiger partial charge in [-0.3, -0.25) is 14.5 Å². The van der Waals surface area contributed by atoms with Crippen molar-refractivity contribution in [3.63, 3.8) is 0 Å². The summed E-state index contributed by atoms with van der Waals surface area (Å²) in [6.07, 6.45) is 0.338. The highest BCUT2D eigenvalue weighted by atomic mass is 79.9. The van der Waals surface area contributed by atoms with E-state index >= 15 is 0 Å². The van der Waals surface area contributed by atoms with Gasteiger partial charge in [0.15, 0.2) is 0 Å². The number of carbonyl (C=O) groups excluding carboxylic acids is 2. The van der Waals surface area contributed by atoms with Crippen molar-refractivity contribution in [2.45, 2.75) is 24.8 Å². The summed E-state index contributed by atoms with van der Waals surface area (Å²) >= 11 is 10.4. The van der Waals surface area contributed by atoms with Crippen LogP contribution < -0.4 is 4.74 Å². The Kier molecular flexibility index (Phi) is 7.18. The summed E-state index contributed by atoms with van der Waals surface area (Å²) in [5.41, 5.74) is 2.33. The second-order valence-corrected chi connectivity index (χ2v) is 9.80. The Morgan fingerprint density at radius 2 is 1.81 bits per heavy atom. The molecule has 1 aliphatic rings. The molecule has 0 spiro atoms. The van der Waals surface area contributed by atoms with Crippen molar-refractivity contribution in [2.75, 3.05) is 0 Å². The van der Waals surface area contributed by atoms with Crippen LogP contribution in [0.2, 0.25) is 5.02 Å². The standard InChI is InChI=1S/C24H18BrClFNO3S/c25-18-6-9-21(31-14-16-2-1-3-20(27)10-16)17(11-18)12-22-23(29)28(24(30)32-22)13-15-4-7-19(26)8-5-15/h1-11,22H,12-14H2/t22-/m1/s1. The molecule has 0 unspecified atom stereocenters. The van der Waals surface area contributed by atoms with Crippen LogP contribution in [0.3, 0.4) is 0 Å². The normalized spacial score (nSPS) is 16.0. The first kappa shape index (κ1) is 22.8. The maximum absolute atomic E-state index is 13.4. The quantitative estimate of drug-likeness (QED) is 0.341. The van der Waals surface area contributed by atoms with Gasteiger partial charge in [0, 0.05) is 9.50 Å². The summed E-state index contributed by atoms with van der Waals surface area (Å²) in [4.78, 5) is 26.8. The van der Waals surface area contributed by atoms with Crippen molar-refractivity contribution in [1.82, 2.24) is 4.90 Å². The average Bonchev–Trinajstić information content (AvgIpc) is 3.02. The molecule has 1 atom stereocenters. The summed E-state index contributed by atoms with van der Waals surface area (Å²) in [5.74, 6) is 0.0369. The lowest BCUT2D eigenvalue weighted by Crippen LogP contribution is -2.31. The number of hydrogen-bond donors (Lipinski definition) is 0. The minimum atomic E-state index is -0.541. The fourth-order valence-electron chi connectivity index (χ4n) is 3.38. The number of benzene rings is 3. The lowest BCUT2D eigenvalue weighted by atomic mass is 10.1. The Morgan fingerprint density at radius 3 is 2.56 bits per heavy atom. The highest BCUT2D eigenvalue weighted by molar-refractivity contribution is 9.10. The molecular weight excluding hydrogens is 517 g/mol. The van der Waals surface area contributed by atoms with Gasteiger partial charge in [0.1, 0.15) is 18.2 Å². The smallest absolute Gasteiger partial charge is 0.289 e. The highest BCUT2D eigenvalue weighted by Gasteiger charge is 2.39. The van der Waals surface area contributed by atoms with Crippen LogP contribution in [0.1, 0.15) is 16.7 Å². The van der Waals surface area contributed by atoms with E-state index in [1.807, 2.05) is 12.1 Å². The zero-order valence-corrected chi connectivity index (χ0v) is 19.9. The Hall–Kier alpha value is -2.35. The molecule has 1 saturated heterocycles. The Morgan fingerprint density at radius 1 is 1.03 bits per heavy atom. The van der Waals surface area contributed by atoms with Crippen LogP contribution in [0.15, 0.2) is 71.2 Å². The Labute approximate surface area is 202 Å². The van der Waals surface area contributed by atoms with E-state index in [2.05, 4.69) is 15.9 Å². The fraction of sp³-hybridized carbons (Fsp3) is 0.167. The van der Waals surface area contributed by atoms with Gasteiger partial charge in [-0.2, -0.15) is 0 Å². The molecule has 0 N–H and O–H groups in total. The van der Waals surface area contributed by atoms with Gasteiger partial charge in [0.2, 0.25) is 5.91 Å². The van der Waals surface area contributed by atoms with Gasteiger partial charge in [-0.05, 0) is 65.6 Å². The fourth-order valence-corrected chi connectivity index (χ4v) is 4.93. The molecule has 2 amide bonds. The van der Waals surface area contributed by atoms with Crippen molar-refractivity contribution in [2.24, 2.45) is 0 Å². The zero-order chi connectivity index (χ0) is 22.7. The molecule has 0 radical (unpaired) electrons. The number of ether oxygens (including phenoxy) is 1. The first-order chi connectivity index (χ1) is 15.4. The van der Waals surface area contributed by atoms with E-state index in [4.69, 9.17) is 16.3 Å². The van der Waals surface area contributed by atoms with Crippen molar-refractivity contribution in [3.8, 4) is 5.75 Å². The van der Waals surface area contributed by atoms with Gasteiger partial charge < -0.3 is 4.74 Å². The van der Waals surface area contributed by atoms with E-state index in [9.17, 15) is 14.0 Å². The minimum Gasteiger partial charge on any atom is -0.489 e. The van der Waals surface area contributed by atoms with Crippen LogP contribution in [0, 0.1) is 5.82 Å². The maximum atomic E-state index is 13.4. The second kappa shape index (κ2) is 10.1. The van der Waals surface area contributed by atoms with E-state index in [0.717, 1.165) is 27.4 Å². The van der Waals surface area contributed by atoms with E-state index in [0.29, 0.717) is 22.8 Å². The monoisotopic (exact) mass is 533 g/mol. The van der Waals surface area contributed by atoms with E-state index in [-0.39, 0.29) is 30.1 Å². The van der Waals surface area contributed by atoms with Crippen molar-refractivity contribution in [3.05, 3.63) is 98.7 Å². The Bertz CT molecular complexity index is 1160. The van der Waals surface area contributed by atoms with Gasteiger partial charge in [-0.25, -0.2) is 4.39 Å². The first-order valence-electron chi connectivity index (χ1n) is 9.81. The van der Waals surface area contributed by atoms with Gasteiger partial charge in [-0.15, -0.1) is 0 Å². The van der Waals surface area contributed by atoms with Crippen LogP contribution in [0.25, 0.3) is 0 Å². The Balaban J connectivity index is 1.47. The number of rotatable bonds is 7. The summed E-state index contributed by atoms with van der Waals surface area (Å²) in [5, 5.41) is -0.215. The lowest BCUT2D eigenvalue weighted by molar-refractivity contribution is -0.127. The molecule has 1 fully saturated rings. The van der Waals surface area contributed by atoms with E-state index in [1.165, 1.54) is 17.0 Å². The topological polar surface area (TPSA) is 46.6 Å². The number of hydrogen-bond acceptors (Lipinski definition) is 4. The van der Waals surface area contributed by atoms with Gasteiger partial charge in [-0.1, -0.05) is 63.6 Å². The van der Waals surface area contributed by atoms with Crippen molar-refractivity contribution >= 4 is 50.4 Å². The van der Waals surface area contributed by atoms with Crippen molar-refractivity contribution < 1.29 is 18.7 Å². The first-order valence-corrected chi connectivity index (χ1v) is 11.9. The molecule has 164 valence electrons. The summed E-state index contributed by atoms with van der Waals surface area (Å²) in [6, 6.07) is 18.8. The van der Waals surface area contributed by atoms with Crippen LogP contribution in [0.4, 0.5) is 9.18 Å². The van der Waals surface area contributed by atoms with E-state index in [1.54, 1.807) is 42.5 Å². The maximum Gasteiger partial charge on any atom is 0.289 e. The molecule has 4 rings (SSSR count). The molecule has 0 aromatic heterocycles. The zero-order valence-electron chi connectivity index (χ0n) is 16.8. The molecule has 3 aromatic rings. The summed E-state index contributed by atoms with van der Waals surface area (Å²) in [7, 11) is 0. The van der Waals surface area contributed by atoms with Gasteiger partial charge in [0.05, 0.1) is 11.8 Å². The molecule has 3 aromatic carbocycles. The van der Waals surface area contributed by atoms with Crippen LogP contribution in [-0.4, -0.2) is 21.3 Å². The summed E-state index contributed by atoms with van der Waals surface area (Å²) < 4.78 is 20.2. The molecule has 0 bridgehead atoms. The molecule has 32 heavy (non-hydrogen) atoms. The highest BCUT2D eigenvalue weighted by Crippen LogP contribution is 2.34. The minimum absolute atomic E-state index is 0.194. The third-order valence-corrected chi connectivity index (χ3v) is 6.79. The number of thioether (sulfide) groups is 1. The molecule has 1 aliphatic heterocycles. The largest absolute Gasteiger partial charge is 0.489 e. The molecule has 1 heterocycles. The van der Waals surface area contributed by atoms with Crippen LogP contribution >= 0.6 is 39.3 Å². The average molecular weight is 535 g/mol. The van der Waals surface area contributed by atoms with Crippen LogP contribution in [-0.2, 0) is 24.4 Å². The summed E-state index contributed by atoms with van der Waals surface area (Å²) in [6.45, 7) is 0.402. The van der Waals surface area contributed by atoms with Gasteiger partial charge >= 0.3 is 0 Å². The molecular formula is C24H18BrClFNO3S. The van der Waals surface area contributed by atoms with Crippen LogP contribution in [0.5, 0.6) is 5.75 Å². The molecule has 0 saturated carbocycles. The number of carbonyl (C=O) groups is 2. The number of amides is 2. The van der Waals surface area contributed by atoms with Crippen molar-refractivity contribution in [1.29, 1.82) is 0 Å². The number of imide groups is 1. The SMILES string of the molecule is O=C1S[C@H](Cc2cc(Br)ccc2OCc2cccc(F)c2)C(=O)N1Cc1ccc(Cl)cc1. The molecule has 0 aliphatic carbocycles. The molecule has 4 nitrogen and oxygen atoms in total. The predicted octanol–water partition coefficient (Wildman–Crippen LogP) is 6.63. The second-order valence-electron chi connectivity index (χ2n) is 7.30. The lowest BCUT2D eigenvalue weighted by Gasteiger charge is -2.16. The third-order valence-electron chi connectivity index (χ3n) is 4.97.